The van der Waals surface area contributed by atoms with Gasteiger partial charge in [0.05, 0.1) is 13.7 Å². The Morgan fingerprint density at radius 3 is 2.07 bits per heavy atom. The number of carbonyl (C=O) groups excluding carboxylic acids is 2. The molecular formula is C38H39N3O3. The number of aromatic nitrogens is 1. The molecule has 1 heterocycles. The summed E-state index contributed by atoms with van der Waals surface area (Å²) in [6.45, 7) is 5.39. The highest BCUT2D eigenvalue weighted by Gasteiger charge is 2.25. The van der Waals surface area contributed by atoms with E-state index < -0.39 is 0 Å². The third kappa shape index (κ3) is 7.64. The maximum atomic E-state index is 14.0. The van der Waals surface area contributed by atoms with Crippen molar-refractivity contribution in [3.63, 3.8) is 0 Å². The van der Waals surface area contributed by atoms with Crippen LogP contribution in [0.15, 0.2) is 128 Å². The molecule has 0 aliphatic heterocycles. The molecule has 6 nitrogen and oxygen atoms in total. The number of hydrogen-bond acceptors (Lipinski definition) is 3. The number of nitrogens with zero attached hydrogens (tertiary/aromatic N) is 3. The Kier molecular flexibility index (Phi) is 9.92. The van der Waals surface area contributed by atoms with Crippen molar-refractivity contribution in [3.8, 4) is 16.9 Å². The second-order valence-electron chi connectivity index (χ2n) is 11.2. The molecule has 0 saturated carbocycles. The first-order chi connectivity index (χ1) is 21.4. The summed E-state index contributed by atoms with van der Waals surface area (Å²) in [7, 11) is 1.66. The molecule has 5 aromatic rings. The van der Waals surface area contributed by atoms with Crippen molar-refractivity contribution in [2.24, 2.45) is 0 Å². The van der Waals surface area contributed by atoms with Crippen molar-refractivity contribution in [3.05, 3.63) is 150 Å². The summed E-state index contributed by atoms with van der Waals surface area (Å²) in [4.78, 5) is 31.2. The SMILES string of the molecule is COc1cccc(Cn2cccc2CN(Cc2ccccc2)C(=O)CN(C(=O)c2ccc(-c3ccccc3)cc2)C(C)C)c1. The molecule has 2 amide bonds. The van der Waals surface area contributed by atoms with E-state index in [-0.39, 0.29) is 24.4 Å². The Bertz CT molecular complexity index is 1660. The molecule has 1 aromatic heterocycles. The van der Waals surface area contributed by atoms with E-state index in [1.807, 2.05) is 140 Å². The average molecular weight is 586 g/mol. The summed E-state index contributed by atoms with van der Waals surface area (Å²) in [6.07, 6.45) is 2.03. The van der Waals surface area contributed by atoms with Crippen molar-refractivity contribution in [1.29, 1.82) is 0 Å². The number of benzene rings is 4. The highest BCUT2D eigenvalue weighted by atomic mass is 16.5. The topological polar surface area (TPSA) is 54.8 Å². The van der Waals surface area contributed by atoms with Crippen molar-refractivity contribution < 1.29 is 14.3 Å². The summed E-state index contributed by atoms with van der Waals surface area (Å²) in [5, 5.41) is 0. The molecule has 0 fully saturated rings. The van der Waals surface area contributed by atoms with Gasteiger partial charge in [0.15, 0.2) is 0 Å². The van der Waals surface area contributed by atoms with Gasteiger partial charge in [-0.1, -0.05) is 84.9 Å². The van der Waals surface area contributed by atoms with Gasteiger partial charge in [-0.25, -0.2) is 0 Å². The van der Waals surface area contributed by atoms with Crippen LogP contribution in [0.5, 0.6) is 5.75 Å². The summed E-state index contributed by atoms with van der Waals surface area (Å²) in [5.74, 6) is 0.546. The van der Waals surface area contributed by atoms with Crippen LogP contribution in [0.25, 0.3) is 11.1 Å². The highest BCUT2D eigenvalue weighted by molar-refractivity contribution is 5.97. The molecule has 0 aliphatic carbocycles. The minimum Gasteiger partial charge on any atom is -0.497 e. The van der Waals surface area contributed by atoms with Gasteiger partial charge in [-0.2, -0.15) is 0 Å². The first kappa shape index (κ1) is 30.4. The third-order valence-electron chi connectivity index (χ3n) is 7.76. The summed E-state index contributed by atoms with van der Waals surface area (Å²) < 4.78 is 7.56. The fourth-order valence-corrected chi connectivity index (χ4v) is 5.28. The van der Waals surface area contributed by atoms with E-state index in [1.165, 1.54) is 0 Å². The normalized spacial score (nSPS) is 10.9. The van der Waals surface area contributed by atoms with Crippen LogP contribution >= 0.6 is 0 Å². The molecule has 0 atom stereocenters. The lowest BCUT2D eigenvalue weighted by Crippen LogP contribution is -2.45. The molecule has 0 unspecified atom stereocenters. The van der Waals surface area contributed by atoms with Crippen molar-refractivity contribution in [2.75, 3.05) is 13.7 Å². The van der Waals surface area contributed by atoms with Crippen molar-refractivity contribution in [2.45, 2.75) is 39.5 Å². The summed E-state index contributed by atoms with van der Waals surface area (Å²) in [5.41, 5.74) is 5.85. The Labute approximate surface area is 260 Å². The van der Waals surface area contributed by atoms with Gasteiger partial charge in [0.1, 0.15) is 12.3 Å². The van der Waals surface area contributed by atoms with Crippen LogP contribution in [0, 0.1) is 0 Å². The van der Waals surface area contributed by atoms with Crippen LogP contribution in [0.2, 0.25) is 0 Å². The van der Waals surface area contributed by atoms with E-state index in [0.717, 1.165) is 33.7 Å². The Hall–Kier alpha value is -5.10. The molecule has 44 heavy (non-hydrogen) atoms. The number of methoxy groups -OCH3 is 1. The van der Waals surface area contributed by atoms with E-state index in [2.05, 4.69) is 10.6 Å². The van der Waals surface area contributed by atoms with E-state index in [9.17, 15) is 9.59 Å². The van der Waals surface area contributed by atoms with Crippen LogP contribution in [0.4, 0.5) is 0 Å². The number of amides is 2. The molecule has 0 saturated heterocycles. The van der Waals surface area contributed by atoms with E-state index >= 15 is 0 Å². The highest BCUT2D eigenvalue weighted by Crippen LogP contribution is 2.21. The lowest BCUT2D eigenvalue weighted by molar-refractivity contribution is -0.133. The maximum absolute atomic E-state index is 14.0. The van der Waals surface area contributed by atoms with Gasteiger partial charge in [-0.15, -0.1) is 0 Å². The van der Waals surface area contributed by atoms with Crippen molar-refractivity contribution in [1.82, 2.24) is 14.4 Å². The zero-order valence-electron chi connectivity index (χ0n) is 25.6. The van der Waals surface area contributed by atoms with Gasteiger partial charge < -0.3 is 19.1 Å². The summed E-state index contributed by atoms with van der Waals surface area (Å²) in [6, 6.07) is 39.5. The van der Waals surface area contributed by atoms with E-state index in [0.29, 0.717) is 25.2 Å². The van der Waals surface area contributed by atoms with Gasteiger partial charge in [0.25, 0.3) is 5.91 Å². The number of carbonyl (C=O) groups is 2. The van der Waals surface area contributed by atoms with Crippen molar-refractivity contribution >= 4 is 11.8 Å². The fourth-order valence-electron chi connectivity index (χ4n) is 5.28. The van der Waals surface area contributed by atoms with Gasteiger partial charge >= 0.3 is 0 Å². The lowest BCUT2D eigenvalue weighted by Gasteiger charge is -2.30. The van der Waals surface area contributed by atoms with Crippen LogP contribution in [-0.2, 0) is 24.4 Å². The molecule has 0 spiro atoms. The second-order valence-corrected chi connectivity index (χ2v) is 11.2. The molecule has 6 heteroatoms. The zero-order chi connectivity index (χ0) is 30.9. The third-order valence-corrected chi connectivity index (χ3v) is 7.76. The minimum absolute atomic E-state index is 0.0135. The molecule has 224 valence electrons. The van der Waals surface area contributed by atoms with Gasteiger partial charge in [-0.05, 0) is 72.5 Å². The van der Waals surface area contributed by atoms with Crippen LogP contribution < -0.4 is 4.74 Å². The molecule has 5 rings (SSSR count). The molecule has 0 aliphatic rings. The maximum Gasteiger partial charge on any atom is 0.254 e. The zero-order valence-corrected chi connectivity index (χ0v) is 25.6. The van der Waals surface area contributed by atoms with Crippen LogP contribution in [-0.4, -0.2) is 45.9 Å². The Balaban J connectivity index is 1.35. The average Bonchev–Trinajstić information content (AvgIpc) is 3.49. The van der Waals surface area contributed by atoms with Crippen LogP contribution in [0.3, 0.4) is 0 Å². The molecule has 0 radical (unpaired) electrons. The predicted octanol–water partition coefficient (Wildman–Crippen LogP) is 7.29. The standard InChI is InChI=1S/C38H39N3O3/c1-29(2)41(38(43)34-21-19-33(20-22-34)32-15-8-5-9-16-32)28-37(42)40(25-30-12-6-4-7-13-30)27-35-17-11-23-39(35)26-31-14-10-18-36(24-31)44-3/h4-24,29H,25-28H2,1-3H3. The molecule has 4 aromatic carbocycles. The van der Waals surface area contributed by atoms with Gasteiger partial charge in [0.2, 0.25) is 5.91 Å². The quantitative estimate of drug-likeness (QED) is 0.155. The Morgan fingerprint density at radius 1 is 0.727 bits per heavy atom. The second kappa shape index (κ2) is 14.4. The lowest BCUT2D eigenvalue weighted by atomic mass is 10.0. The smallest absolute Gasteiger partial charge is 0.254 e. The number of rotatable bonds is 12. The monoisotopic (exact) mass is 585 g/mol. The van der Waals surface area contributed by atoms with Crippen LogP contribution in [0.1, 0.15) is 41.0 Å². The molecular weight excluding hydrogens is 546 g/mol. The van der Waals surface area contributed by atoms with Gasteiger partial charge in [-0.3, -0.25) is 9.59 Å². The number of ether oxygens (including phenoxy) is 1. The largest absolute Gasteiger partial charge is 0.497 e. The fraction of sp³-hybridized carbons (Fsp3) is 0.211. The Morgan fingerprint density at radius 2 is 1.39 bits per heavy atom. The summed E-state index contributed by atoms with van der Waals surface area (Å²) >= 11 is 0. The molecule has 0 N–H and O–H groups in total. The first-order valence-corrected chi connectivity index (χ1v) is 15.0. The predicted molar refractivity (Wildman–Crippen MR) is 175 cm³/mol. The minimum atomic E-state index is -0.158. The van der Waals surface area contributed by atoms with E-state index in [4.69, 9.17) is 4.74 Å². The first-order valence-electron chi connectivity index (χ1n) is 15.0. The van der Waals surface area contributed by atoms with Gasteiger partial charge in [0, 0.05) is 36.6 Å². The molecule has 0 bridgehead atoms. The number of hydrogen-bond donors (Lipinski definition) is 0. The van der Waals surface area contributed by atoms with E-state index in [1.54, 1.807) is 12.0 Å².